The zero-order chi connectivity index (χ0) is 37.0. The number of carboxylic acid groups (broad SMARTS) is 1. The summed E-state index contributed by atoms with van der Waals surface area (Å²) in [6.07, 6.45) is -0.320. The zero-order valence-corrected chi connectivity index (χ0v) is 29.9. The highest BCUT2D eigenvalue weighted by molar-refractivity contribution is 6.05. The minimum absolute atomic E-state index is 0.172. The normalized spacial score (nSPS) is 13.2. The molecule has 0 radical (unpaired) electrons. The van der Waals surface area contributed by atoms with Crippen molar-refractivity contribution in [2.45, 2.75) is 25.4 Å². The van der Waals surface area contributed by atoms with Crippen molar-refractivity contribution in [1.82, 2.24) is 4.98 Å². The largest absolute Gasteiger partial charge is 0.494 e. The van der Waals surface area contributed by atoms with E-state index in [-0.39, 0.29) is 11.7 Å². The van der Waals surface area contributed by atoms with Crippen molar-refractivity contribution in [2.75, 3.05) is 7.11 Å². The molecule has 7 aromatic rings. The van der Waals surface area contributed by atoms with Gasteiger partial charge in [0, 0.05) is 5.39 Å². The number of benzene rings is 6. The molecular weight excluding hydrogens is 657 g/mol. The number of aliphatic imine (C=N–C) groups is 1. The van der Waals surface area contributed by atoms with Crippen molar-refractivity contribution >= 4 is 22.7 Å². The van der Waals surface area contributed by atoms with Crippen molar-refractivity contribution in [3.05, 3.63) is 204 Å². The van der Waals surface area contributed by atoms with Crippen LogP contribution in [0.3, 0.4) is 0 Å². The second-order valence-corrected chi connectivity index (χ2v) is 12.3. The molecule has 53 heavy (non-hydrogen) atoms. The second-order valence-electron chi connectivity index (χ2n) is 12.3. The number of methoxy groups -OCH3 is 1. The summed E-state index contributed by atoms with van der Waals surface area (Å²) in [4.78, 5) is 20.3. The summed E-state index contributed by atoms with van der Waals surface area (Å²) in [5.74, 6) is 0.0434. The summed E-state index contributed by atoms with van der Waals surface area (Å²) in [5, 5.41) is 18.6. The molecule has 7 heteroatoms. The van der Waals surface area contributed by atoms with Gasteiger partial charge in [-0.3, -0.25) is 0 Å². The number of ether oxygens (including phenoxy) is 1. The lowest BCUT2D eigenvalue weighted by atomic mass is 9.67. The standard InChI is InChI=1S/C22H19N3.C12H11NO3.C12H10/c1-17-23-21(25-24-17)22(18-11-5-2-6-12-18,19-13-7-3-8-14-19)20-15-9-4-10-16-20;1-7-11(16-2)10(12(14)15)8-5-3-4-6-9(8)13-7;1-3-7-11(8-4-1)12-9-5-2-6-10-12/h2-16,21H,1H3;3-6H,1-2H3,(H,14,15);1-10H. The molecule has 8 rings (SSSR count). The lowest BCUT2D eigenvalue weighted by molar-refractivity contribution is 0.0695. The number of aromatic carboxylic acids is 1. The highest BCUT2D eigenvalue weighted by Crippen LogP contribution is 2.45. The van der Waals surface area contributed by atoms with Gasteiger partial charge in [-0.25, -0.2) is 14.8 Å². The molecule has 0 bridgehead atoms. The smallest absolute Gasteiger partial charge is 0.340 e. The lowest BCUT2D eigenvalue weighted by Gasteiger charge is -2.37. The first kappa shape index (κ1) is 36.1. The van der Waals surface area contributed by atoms with Gasteiger partial charge < -0.3 is 9.84 Å². The van der Waals surface area contributed by atoms with E-state index < -0.39 is 11.4 Å². The summed E-state index contributed by atoms with van der Waals surface area (Å²) in [7, 11) is 1.45. The number of hydrogen-bond acceptors (Lipinski definition) is 6. The van der Waals surface area contributed by atoms with Crippen molar-refractivity contribution < 1.29 is 14.6 Å². The Bertz CT molecular complexity index is 2180. The van der Waals surface area contributed by atoms with Gasteiger partial charge in [-0.15, -0.1) is 5.11 Å². The Kier molecular flexibility index (Phi) is 11.6. The summed E-state index contributed by atoms with van der Waals surface area (Å²) in [5.41, 5.74) is 6.95. The number of nitrogens with zero attached hydrogens (tertiary/aromatic N) is 4. The molecule has 1 N–H and O–H groups in total. The molecule has 0 saturated heterocycles. The predicted molar refractivity (Wildman–Crippen MR) is 213 cm³/mol. The van der Waals surface area contributed by atoms with Gasteiger partial charge in [0.25, 0.3) is 0 Å². The number of amidine groups is 1. The first-order valence-electron chi connectivity index (χ1n) is 17.3. The highest BCUT2D eigenvalue weighted by atomic mass is 16.5. The summed E-state index contributed by atoms with van der Waals surface area (Å²) >= 11 is 0. The predicted octanol–water partition coefficient (Wildman–Crippen LogP) is 10.8. The summed E-state index contributed by atoms with van der Waals surface area (Å²) in [6.45, 7) is 3.63. The van der Waals surface area contributed by atoms with Crippen LogP contribution in [-0.4, -0.2) is 35.2 Å². The molecule has 2 heterocycles. The Labute approximate surface area is 310 Å². The molecule has 262 valence electrons. The van der Waals surface area contributed by atoms with Gasteiger partial charge in [0.05, 0.1) is 23.7 Å². The first-order chi connectivity index (χ1) is 25.9. The molecule has 0 fully saturated rings. The van der Waals surface area contributed by atoms with E-state index in [2.05, 4.69) is 137 Å². The van der Waals surface area contributed by atoms with Gasteiger partial charge in [0.1, 0.15) is 11.4 Å². The molecule has 0 amide bonds. The topological polar surface area (TPSA) is 96.5 Å². The van der Waals surface area contributed by atoms with Crippen molar-refractivity contribution in [1.29, 1.82) is 0 Å². The number of hydrogen-bond donors (Lipinski definition) is 1. The maximum Gasteiger partial charge on any atom is 0.340 e. The zero-order valence-electron chi connectivity index (χ0n) is 29.9. The number of fused-ring (bicyclic) bond motifs is 1. The number of carboxylic acids is 1. The van der Waals surface area contributed by atoms with Crippen LogP contribution in [0.15, 0.2) is 191 Å². The average molecular weight is 697 g/mol. The molecule has 0 spiro atoms. The summed E-state index contributed by atoms with van der Waals surface area (Å²) < 4.78 is 5.10. The van der Waals surface area contributed by atoms with E-state index in [9.17, 15) is 9.90 Å². The van der Waals surface area contributed by atoms with E-state index in [1.165, 1.54) is 18.2 Å². The Hall–Kier alpha value is -6.73. The molecule has 1 aliphatic rings. The third-order valence-electron chi connectivity index (χ3n) is 9.01. The van der Waals surface area contributed by atoms with Gasteiger partial charge in [-0.2, -0.15) is 5.11 Å². The van der Waals surface area contributed by atoms with Crippen LogP contribution in [0.2, 0.25) is 0 Å². The molecule has 7 nitrogen and oxygen atoms in total. The Morgan fingerprint density at radius 2 is 1.02 bits per heavy atom. The quantitative estimate of drug-likeness (QED) is 0.168. The van der Waals surface area contributed by atoms with E-state index in [1.54, 1.807) is 25.1 Å². The number of aromatic nitrogens is 1. The van der Waals surface area contributed by atoms with Crippen molar-refractivity contribution in [2.24, 2.45) is 15.2 Å². The fraction of sp³-hybridized carbons (Fsp3) is 0.109. The van der Waals surface area contributed by atoms with E-state index in [0.717, 1.165) is 22.5 Å². The monoisotopic (exact) mass is 696 g/mol. The molecule has 6 aromatic carbocycles. The summed E-state index contributed by atoms with van der Waals surface area (Å²) in [6, 6.07) is 59.3. The van der Waals surface area contributed by atoms with Gasteiger partial charge in [-0.1, -0.05) is 170 Å². The SMILES string of the molecule is CC1=NC(C(c2ccccc2)(c2ccccc2)c2ccccc2)N=N1.COc1c(C)nc2ccccc2c1C(=O)O.c1ccc(-c2ccccc2)cc1. The number of azo groups is 1. The van der Waals surface area contributed by atoms with E-state index in [1.807, 2.05) is 43.3 Å². The van der Waals surface area contributed by atoms with Crippen LogP contribution in [-0.2, 0) is 5.41 Å². The van der Waals surface area contributed by atoms with Crippen molar-refractivity contribution in [3.63, 3.8) is 0 Å². The van der Waals surface area contributed by atoms with Gasteiger partial charge in [0.2, 0.25) is 0 Å². The van der Waals surface area contributed by atoms with Gasteiger partial charge >= 0.3 is 5.97 Å². The van der Waals surface area contributed by atoms with Crippen molar-refractivity contribution in [3.8, 4) is 16.9 Å². The fourth-order valence-corrected chi connectivity index (χ4v) is 6.64. The van der Waals surface area contributed by atoms with Gasteiger partial charge in [0.15, 0.2) is 11.9 Å². The average Bonchev–Trinajstić information content (AvgIpc) is 3.66. The number of para-hydroxylation sites is 1. The number of aryl methyl sites for hydroxylation is 1. The molecule has 1 aromatic heterocycles. The highest BCUT2D eigenvalue weighted by Gasteiger charge is 2.45. The Balaban J connectivity index is 0.000000147. The van der Waals surface area contributed by atoms with Crippen LogP contribution in [0, 0.1) is 6.92 Å². The lowest BCUT2D eigenvalue weighted by Crippen LogP contribution is -2.39. The number of rotatable bonds is 7. The minimum Gasteiger partial charge on any atom is -0.494 e. The molecule has 1 atom stereocenters. The molecule has 0 aliphatic carbocycles. The number of pyridine rings is 1. The number of carbonyl (C=O) groups is 1. The van der Waals surface area contributed by atoms with Gasteiger partial charge in [-0.05, 0) is 47.7 Å². The van der Waals surface area contributed by atoms with Crippen LogP contribution in [0.5, 0.6) is 5.75 Å². The van der Waals surface area contributed by atoms with Crippen LogP contribution in [0.1, 0.15) is 39.7 Å². The molecule has 0 saturated carbocycles. The Morgan fingerprint density at radius 1 is 0.604 bits per heavy atom. The van der Waals surface area contributed by atoms with Crippen LogP contribution in [0.25, 0.3) is 22.0 Å². The molecule has 1 aliphatic heterocycles. The third-order valence-corrected chi connectivity index (χ3v) is 9.01. The molecular formula is C46H40N4O3. The third kappa shape index (κ3) is 7.95. The van der Waals surface area contributed by atoms with E-state index >= 15 is 0 Å². The fourth-order valence-electron chi connectivity index (χ4n) is 6.64. The van der Waals surface area contributed by atoms with E-state index in [4.69, 9.17) is 9.73 Å². The van der Waals surface area contributed by atoms with E-state index in [0.29, 0.717) is 22.3 Å². The minimum atomic E-state index is -1.00. The maximum atomic E-state index is 11.2. The molecule has 1 unspecified atom stereocenters. The Morgan fingerprint density at radius 3 is 1.42 bits per heavy atom. The second kappa shape index (κ2) is 17.0. The first-order valence-corrected chi connectivity index (χ1v) is 17.3. The van der Waals surface area contributed by atoms with Crippen LogP contribution < -0.4 is 4.74 Å². The van der Waals surface area contributed by atoms with Crippen LogP contribution in [0.4, 0.5) is 0 Å². The maximum absolute atomic E-state index is 11.2. The van der Waals surface area contributed by atoms with Crippen LogP contribution >= 0.6 is 0 Å².